The van der Waals surface area contributed by atoms with Gasteiger partial charge in [-0.3, -0.25) is 0 Å². The van der Waals surface area contributed by atoms with E-state index < -0.39 is 31.7 Å². The summed E-state index contributed by atoms with van der Waals surface area (Å²) < 4.78 is 0. The zero-order valence-corrected chi connectivity index (χ0v) is 48.6. The molecule has 12 rings (SSSR count). The monoisotopic (exact) mass is 1240 g/mol. The zero-order chi connectivity index (χ0) is 51.7. The summed E-state index contributed by atoms with van der Waals surface area (Å²) in [6.45, 7) is 0. The van der Waals surface area contributed by atoms with Crippen LogP contribution in [-0.2, 0) is 21.1 Å². The molecule has 0 heterocycles. The van der Waals surface area contributed by atoms with Gasteiger partial charge in [0.15, 0.2) is 0 Å². The maximum absolute atomic E-state index is 2.23. The van der Waals surface area contributed by atoms with Gasteiger partial charge >= 0.3 is 21.1 Å². The Labute approximate surface area is 476 Å². The molecule has 374 valence electrons. The molecule has 0 nitrogen and oxygen atoms in total. The van der Waals surface area contributed by atoms with Gasteiger partial charge < -0.3 is 0 Å². The van der Waals surface area contributed by atoms with Crippen molar-refractivity contribution >= 4 is 95.3 Å². The predicted molar refractivity (Wildman–Crippen MR) is 341 cm³/mol. The Morgan fingerprint density at radius 3 is 0.234 bits per heavy atom. The molecule has 0 atom stereocenters. The van der Waals surface area contributed by atoms with Crippen LogP contribution in [0.1, 0.15) is 0 Å². The molecule has 0 aliphatic rings. The first-order valence-electron chi connectivity index (χ1n) is 25.6. The molecule has 77 heavy (non-hydrogen) atoms. The second-order valence-corrected chi connectivity index (χ2v) is 26.2. The predicted octanol–water partition coefficient (Wildman–Crippen LogP) is 13.8. The number of hydrogen-bond donors (Lipinski definition) is 0. The van der Waals surface area contributed by atoms with Crippen LogP contribution in [-0.4, -0.2) is 0 Å². The van der Waals surface area contributed by atoms with Gasteiger partial charge in [-0.15, -0.1) is 0 Å². The Hall–Kier alpha value is -6.95. The fourth-order valence-corrected chi connectivity index (χ4v) is 17.9. The minimum Gasteiger partial charge on any atom is -0.0622 e. The molecule has 0 radical (unpaired) electrons. The van der Waals surface area contributed by atoms with E-state index in [0.29, 0.717) is 0 Å². The first-order chi connectivity index (χ1) is 37.8. The summed E-state index contributed by atoms with van der Waals surface area (Å²) in [4.78, 5) is 0. The average Bonchev–Trinajstić information content (AvgIpc) is 3.51. The van der Waals surface area contributed by atoms with Gasteiger partial charge in [-0.1, -0.05) is 364 Å². The van der Waals surface area contributed by atoms with Crippen molar-refractivity contribution in [1.29, 1.82) is 0 Å². The van der Waals surface area contributed by atoms with Gasteiger partial charge in [-0.05, 0) is 95.3 Å². The minimum atomic E-state index is -0.446. The Bertz CT molecular complexity index is 2580. The van der Waals surface area contributed by atoms with Crippen LogP contribution in [0.2, 0.25) is 0 Å². The van der Waals surface area contributed by atoms with Crippen LogP contribution >= 0.6 is 31.7 Å². The van der Waals surface area contributed by atoms with Gasteiger partial charge in [0.1, 0.15) is 0 Å². The standard InChI is InChI=1S/4C18H15P.Pt/c4*1-4-10-16(11-5-1)19(17-12-6-2-7-13-17)18-14-8-3-9-15-18;/h4*1-15H;/q;;;;+4. The normalized spacial score (nSPS) is 10.4. The molecule has 12 aromatic carbocycles. The van der Waals surface area contributed by atoms with Crippen molar-refractivity contribution in [2.75, 3.05) is 0 Å². The second-order valence-electron chi connectivity index (χ2n) is 17.4. The van der Waals surface area contributed by atoms with Crippen molar-refractivity contribution in [2.24, 2.45) is 0 Å². The SMILES string of the molecule is [Pt+4].c1ccc(P(c2ccccc2)c2ccccc2)cc1.c1ccc(P(c2ccccc2)c2ccccc2)cc1.c1ccc(P(c2ccccc2)c2ccccc2)cc1.c1ccc(P(c2ccccc2)c2ccccc2)cc1. The Balaban J connectivity index is 0.000000135. The van der Waals surface area contributed by atoms with E-state index >= 15 is 0 Å². The van der Waals surface area contributed by atoms with Crippen LogP contribution in [0.25, 0.3) is 0 Å². The fourth-order valence-electron chi connectivity index (χ4n) is 8.71. The molecular formula is C72H60P4Pt+4. The maximum Gasteiger partial charge on any atom is 4.00 e. The molecule has 0 amide bonds. The summed E-state index contributed by atoms with van der Waals surface area (Å²) in [6.07, 6.45) is 0. The van der Waals surface area contributed by atoms with Crippen molar-refractivity contribution in [3.8, 4) is 0 Å². The van der Waals surface area contributed by atoms with Gasteiger partial charge in [0, 0.05) is 0 Å². The molecule has 12 aromatic rings. The third-order valence-electron chi connectivity index (χ3n) is 12.2. The van der Waals surface area contributed by atoms with Crippen molar-refractivity contribution in [1.82, 2.24) is 0 Å². The zero-order valence-electron chi connectivity index (χ0n) is 42.7. The molecule has 0 aliphatic heterocycles. The third kappa shape index (κ3) is 16.5. The minimum absolute atomic E-state index is 0. The van der Waals surface area contributed by atoms with E-state index in [0.717, 1.165) is 0 Å². The smallest absolute Gasteiger partial charge is 0.0622 e. The number of hydrogen-bond acceptors (Lipinski definition) is 0. The Kier molecular flexibility index (Phi) is 22.9. The summed E-state index contributed by atoms with van der Waals surface area (Å²) in [5.41, 5.74) is 0. The molecule has 0 N–H and O–H groups in total. The van der Waals surface area contributed by atoms with Crippen LogP contribution in [0.5, 0.6) is 0 Å². The van der Waals surface area contributed by atoms with E-state index in [1.54, 1.807) is 0 Å². The van der Waals surface area contributed by atoms with E-state index in [9.17, 15) is 0 Å². The molecular weight excluding hydrogens is 1180 g/mol. The summed E-state index contributed by atoms with van der Waals surface area (Å²) in [6, 6.07) is 129. The summed E-state index contributed by atoms with van der Waals surface area (Å²) >= 11 is 0. The van der Waals surface area contributed by atoms with Crippen molar-refractivity contribution in [3.05, 3.63) is 364 Å². The summed E-state index contributed by atoms with van der Waals surface area (Å²) in [5.74, 6) is 0. The number of rotatable bonds is 12. The molecule has 0 spiro atoms. The van der Waals surface area contributed by atoms with Crippen molar-refractivity contribution in [3.63, 3.8) is 0 Å². The second kappa shape index (κ2) is 31.3. The molecule has 0 saturated heterocycles. The van der Waals surface area contributed by atoms with E-state index in [4.69, 9.17) is 0 Å². The summed E-state index contributed by atoms with van der Waals surface area (Å²) in [7, 11) is -1.78. The molecule has 0 saturated carbocycles. The molecule has 0 bridgehead atoms. The van der Waals surface area contributed by atoms with Gasteiger partial charge in [0.05, 0.1) is 0 Å². The molecule has 0 unspecified atom stereocenters. The van der Waals surface area contributed by atoms with Gasteiger partial charge in [0.25, 0.3) is 0 Å². The number of benzene rings is 12. The topological polar surface area (TPSA) is 0 Å². The van der Waals surface area contributed by atoms with Crippen LogP contribution in [0, 0.1) is 0 Å². The third-order valence-corrected chi connectivity index (χ3v) is 21.9. The van der Waals surface area contributed by atoms with Crippen molar-refractivity contribution < 1.29 is 21.1 Å². The first-order valence-corrected chi connectivity index (χ1v) is 31.0. The van der Waals surface area contributed by atoms with E-state index in [1.165, 1.54) is 63.7 Å². The maximum atomic E-state index is 2.23. The molecule has 0 aromatic heterocycles. The molecule has 0 fully saturated rings. The average molecular weight is 1240 g/mol. The molecule has 0 aliphatic carbocycles. The Morgan fingerprint density at radius 2 is 0.169 bits per heavy atom. The summed E-state index contributed by atoms with van der Waals surface area (Å²) in [5, 5.41) is 16.8. The van der Waals surface area contributed by atoms with E-state index in [1.807, 2.05) is 0 Å². The van der Waals surface area contributed by atoms with Gasteiger partial charge in [0.2, 0.25) is 0 Å². The largest absolute Gasteiger partial charge is 4.00 e. The van der Waals surface area contributed by atoms with Gasteiger partial charge in [-0.25, -0.2) is 0 Å². The van der Waals surface area contributed by atoms with Crippen LogP contribution in [0.3, 0.4) is 0 Å². The van der Waals surface area contributed by atoms with Crippen molar-refractivity contribution in [2.45, 2.75) is 0 Å². The van der Waals surface area contributed by atoms with Crippen LogP contribution < -0.4 is 63.7 Å². The van der Waals surface area contributed by atoms with E-state index in [-0.39, 0.29) is 21.1 Å². The fraction of sp³-hybridized carbons (Fsp3) is 0. The van der Waals surface area contributed by atoms with Crippen LogP contribution in [0.4, 0.5) is 0 Å². The first kappa shape index (κ1) is 56.3. The Morgan fingerprint density at radius 1 is 0.104 bits per heavy atom. The molecule has 5 heteroatoms. The van der Waals surface area contributed by atoms with E-state index in [2.05, 4.69) is 364 Å². The quantitative estimate of drug-likeness (QED) is 0.107. The van der Waals surface area contributed by atoms with Crippen LogP contribution in [0.15, 0.2) is 364 Å². The van der Waals surface area contributed by atoms with Gasteiger partial charge in [-0.2, -0.15) is 0 Å².